The number of nitrogens with two attached hydrogens (primary N) is 1. The second-order valence-corrected chi connectivity index (χ2v) is 4.11. The predicted molar refractivity (Wildman–Crippen MR) is 91.0 cm³/mol. The lowest BCUT2D eigenvalue weighted by atomic mass is 10.2. The maximum atomic E-state index is 5.69. The van der Waals surface area contributed by atoms with Crippen LogP contribution >= 0.6 is 24.0 Å². The monoisotopic (exact) mass is 386 g/mol. The van der Waals surface area contributed by atoms with E-state index in [0.717, 1.165) is 24.3 Å². The van der Waals surface area contributed by atoms with Gasteiger partial charge in [-0.05, 0) is 6.42 Å². The summed E-state index contributed by atoms with van der Waals surface area (Å²) in [6.45, 7) is 3.23. The fourth-order valence-corrected chi connectivity index (χ4v) is 1.58. The molecule has 20 heavy (non-hydrogen) atoms. The molecule has 0 amide bonds. The first kappa shape index (κ1) is 16.5. The normalized spacial score (nSPS) is 10.9. The summed E-state index contributed by atoms with van der Waals surface area (Å²) >= 11 is 0. The number of aromatic nitrogens is 1. The van der Waals surface area contributed by atoms with Crippen molar-refractivity contribution in [2.45, 2.75) is 19.9 Å². The summed E-state index contributed by atoms with van der Waals surface area (Å²) in [6.07, 6.45) is 2.71. The van der Waals surface area contributed by atoms with Crippen molar-refractivity contribution >= 4 is 29.9 Å². The standard InChI is InChI=1S/C14H18N4O.HI/c1-2-8-16-14(15)18-10-13-17-9-12(19-13)11-6-4-3-5-7-11;/h3-7,9H,2,8,10H2,1H3,(H3,15,16,18);1H. The number of nitrogens with one attached hydrogen (secondary N) is 1. The van der Waals surface area contributed by atoms with Crippen LogP contribution in [-0.2, 0) is 6.54 Å². The van der Waals surface area contributed by atoms with Gasteiger partial charge in [0.2, 0.25) is 5.89 Å². The highest BCUT2D eigenvalue weighted by Gasteiger charge is 2.05. The maximum Gasteiger partial charge on any atom is 0.216 e. The molecule has 0 saturated heterocycles. The van der Waals surface area contributed by atoms with Crippen LogP contribution in [0.3, 0.4) is 0 Å². The highest BCUT2D eigenvalue weighted by Crippen LogP contribution is 2.19. The van der Waals surface area contributed by atoms with Crippen LogP contribution in [0.5, 0.6) is 0 Å². The molecule has 1 aromatic carbocycles. The Morgan fingerprint density at radius 1 is 1.35 bits per heavy atom. The Kier molecular flexibility index (Phi) is 7.06. The summed E-state index contributed by atoms with van der Waals surface area (Å²) in [5.74, 6) is 1.72. The molecule has 108 valence electrons. The number of oxazole rings is 1. The van der Waals surface area contributed by atoms with Gasteiger partial charge in [0.05, 0.1) is 6.20 Å². The molecule has 6 heteroatoms. The number of nitrogens with zero attached hydrogens (tertiary/aromatic N) is 2. The summed E-state index contributed by atoms with van der Waals surface area (Å²) < 4.78 is 5.62. The zero-order valence-electron chi connectivity index (χ0n) is 11.4. The molecule has 2 rings (SSSR count). The Labute approximate surface area is 135 Å². The second-order valence-electron chi connectivity index (χ2n) is 4.11. The van der Waals surface area contributed by atoms with Crippen LogP contribution in [-0.4, -0.2) is 17.5 Å². The zero-order chi connectivity index (χ0) is 13.5. The first-order valence-corrected chi connectivity index (χ1v) is 6.33. The van der Waals surface area contributed by atoms with Crippen molar-refractivity contribution in [2.75, 3.05) is 6.54 Å². The molecule has 0 atom stereocenters. The smallest absolute Gasteiger partial charge is 0.216 e. The van der Waals surface area contributed by atoms with Crippen LogP contribution in [0.15, 0.2) is 45.9 Å². The Hall–Kier alpha value is -1.57. The van der Waals surface area contributed by atoms with Crippen molar-refractivity contribution < 1.29 is 4.42 Å². The summed E-state index contributed by atoms with van der Waals surface area (Å²) in [5, 5.41) is 3.00. The summed E-state index contributed by atoms with van der Waals surface area (Å²) in [5.41, 5.74) is 6.70. The van der Waals surface area contributed by atoms with Crippen molar-refractivity contribution in [3.8, 4) is 11.3 Å². The van der Waals surface area contributed by atoms with E-state index in [0.29, 0.717) is 18.4 Å². The quantitative estimate of drug-likeness (QED) is 0.471. The number of halogens is 1. The molecule has 0 unspecified atom stereocenters. The topological polar surface area (TPSA) is 76.4 Å². The Morgan fingerprint density at radius 3 is 2.80 bits per heavy atom. The summed E-state index contributed by atoms with van der Waals surface area (Å²) in [7, 11) is 0. The van der Waals surface area contributed by atoms with Crippen LogP contribution in [0.1, 0.15) is 19.2 Å². The van der Waals surface area contributed by atoms with E-state index in [1.165, 1.54) is 0 Å². The van der Waals surface area contributed by atoms with E-state index in [1.807, 2.05) is 30.3 Å². The van der Waals surface area contributed by atoms with Gasteiger partial charge in [0.15, 0.2) is 11.7 Å². The van der Waals surface area contributed by atoms with Gasteiger partial charge >= 0.3 is 0 Å². The molecule has 0 saturated carbocycles. The third kappa shape index (κ3) is 4.84. The van der Waals surface area contributed by atoms with Crippen LogP contribution in [0.2, 0.25) is 0 Å². The minimum absolute atomic E-state index is 0. The predicted octanol–water partition coefficient (Wildman–Crippen LogP) is 2.77. The van der Waals surface area contributed by atoms with Gasteiger partial charge in [0.25, 0.3) is 0 Å². The highest BCUT2D eigenvalue weighted by atomic mass is 127. The number of hydrogen-bond donors (Lipinski definition) is 2. The molecule has 5 nitrogen and oxygen atoms in total. The average Bonchev–Trinajstić information content (AvgIpc) is 2.93. The van der Waals surface area contributed by atoms with Gasteiger partial charge in [-0.2, -0.15) is 0 Å². The number of aliphatic imine (C=N–C) groups is 1. The molecule has 3 N–H and O–H groups in total. The SMILES string of the molecule is CCCNC(N)=NCc1ncc(-c2ccccc2)o1.I. The van der Waals surface area contributed by atoms with Crippen molar-refractivity contribution in [3.05, 3.63) is 42.4 Å². The maximum absolute atomic E-state index is 5.69. The lowest BCUT2D eigenvalue weighted by molar-refractivity contribution is 0.509. The second kappa shape index (κ2) is 8.57. The van der Waals surface area contributed by atoms with E-state index in [4.69, 9.17) is 10.2 Å². The fourth-order valence-electron chi connectivity index (χ4n) is 1.58. The summed E-state index contributed by atoms with van der Waals surface area (Å²) in [4.78, 5) is 8.35. The van der Waals surface area contributed by atoms with Crippen molar-refractivity contribution in [1.29, 1.82) is 0 Å². The number of benzene rings is 1. The lowest BCUT2D eigenvalue weighted by Gasteiger charge is -2.01. The largest absolute Gasteiger partial charge is 0.439 e. The minimum Gasteiger partial charge on any atom is -0.439 e. The van der Waals surface area contributed by atoms with E-state index in [1.54, 1.807) is 6.20 Å². The Bertz CT molecular complexity index is 539. The third-order valence-electron chi connectivity index (χ3n) is 2.55. The van der Waals surface area contributed by atoms with Gasteiger partial charge in [0, 0.05) is 12.1 Å². The number of rotatable bonds is 5. The molecule has 0 spiro atoms. The minimum atomic E-state index is 0. The number of guanidine groups is 1. The van der Waals surface area contributed by atoms with Crippen molar-refractivity contribution in [1.82, 2.24) is 10.3 Å². The van der Waals surface area contributed by atoms with Gasteiger partial charge < -0.3 is 15.5 Å². The fraction of sp³-hybridized carbons (Fsp3) is 0.286. The number of hydrogen-bond acceptors (Lipinski definition) is 3. The first-order valence-electron chi connectivity index (χ1n) is 6.33. The lowest BCUT2D eigenvalue weighted by Crippen LogP contribution is -2.32. The van der Waals surface area contributed by atoms with Crippen LogP contribution in [0.25, 0.3) is 11.3 Å². The zero-order valence-corrected chi connectivity index (χ0v) is 13.7. The third-order valence-corrected chi connectivity index (χ3v) is 2.55. The van der Waals surface area contributed by atoms with Crippen LogP contribution in [0, 0.1) is 0 Å². The van der Waals surface area contributed by atoms with Gasteiger partial charge in [-0.25, -0.2) is 9.98 Å². The Morgan fingerprint density at radius 2 is 2.10 bits per heavy atom. The van der Waals surface area contributed by atoms with Gasteiger partial charge in [0.1, 0.15) is 6.54 Å². The van der Waals surface area contributed by atoms with Crippen LogP contribution < -0.4 is 11.1 Å². The van der Waals surface area contributed by atoms with E-state index in [-0.39, 0.29) is 24.0 Å². The Balaban J connectivity index is 0.00000200. The molecular formula is C14H19IN4O. The van der Waals surface area contributed by atoms with Gasteiger partial charge in [-0.1, -0.05) is 37.3 Å². The molecule has 1 aromatic heterocycles. The van der Waals surface area contributed by atoms with E-state index in [2.05, 4.69) is 22.2 Å². The van der Waals surface area contributed by atoms with Crippen molar-refractivity contribution in [3.63, 3.8) is 0 Å². The van der Waals surface area contributed by atoms with E-state index in [9.17, 15) is 0 Å². The van der Waals surface area contributed by atoms with Gasteiger partial charge in [-0.15, -0.1) is 24.0 Å². The molecule has 0 aliphatic rings. The summed E-state index contributed by atoms with van der Waals surface area (Å²) in [6, 6.07) is 9.84. The van der Waals surface area contributed by atoms with E-state index < -0.39 is 0 Å². The molecule has 0 radical (unpaired) electrons. The van der Waals surface area contributed by atoms with Gasteiger partial charge in [-0.3, -0.25) is 0 Å². The average molecular weight is 386 g/mol. The molecule has 0 aliphatic heterocycles. The molecule has 2 aromatic rings. The first-order chi connectivity index (χ1) is 9.29. The molecule has 1 heterocycles. The molecule has 0 bridgehead atoms. The highest BCUT2D eigenvalue weighted by molar-refractivity contribution is 14.0. The molecule has 0 aliphatic carbocycles. The van der Waals surface area contributed by atoms with E-state index >= 15 is 0 Å². The molecular weight excluding hydrogens is 367 g/mol. The van der Waals surface area contributed by atoms with Crippen LogP contribution in [0.4, 0.5) is 0 Å². The molecule has 0 fully saturated rings. The van der Waals surface area contributed by atoms with Crippen molar-refractivity contribution in [2.24, 2.45) is 10.7 Å².